The van der Waals surface area contributed by atoms with Gasteiger partial charge in [0.05, 0.1) is 6.54 Å². The van der Waals surface area contributed by atoms with E-state index in [-0.39, 0.29) is 11.9 Å². The summed E-state index contributed by atoms with van der Waals surface area (Å²) in [4.78, 5) is 23.4. The maximum absolute atomic E-state index is 13.1. The maximum Gasteiger partial charge on any atom is 0.236 e. The van der Waals surface area contributed by atoms with Crippen molar-refractivity contribution in [2.45, 2.75) is 38.8 Å². The first-order chi connectivity index (χ1) is 14.5. The molecule has 2 aromatic rings. The topological polar surface area (TPSA) is 76.6 Å². The Morgan fingerprint density at radius 2 is 2.03 bits per heavy atom. The Bertz CT molecular complexity index is 957. The lowest BCUT2D eigenvalue weighted by Gasteiger charge is -2.37. The molecule has 1 atom stereocenters. The SMILES string of the molecule is Cc1nc(C#N)c(N2CCN(C(=O)CN(C3CC3)C(C)c3ccccc3Cl)CC2)o1. The third-order valence-electron chi connectivity index (χ3n) is 5.93. The third-order valence-corrected chi connectivity index (χ3v) is 6.27. The van der Waals surface area contributed by atoms with Crippen LogP contribution < -0.4 is 4.90 Å². The third kappa shape index (κ3) is 4.30. The standard InChI is InChI=1S/C22H26ClN5O2/c1-15(18-5-3-4-6-19(18)23)28(17-7-8-17)14-21(29)26-9-11-27(12-10-26)22-20(13-24)25-16(2)30-22/h3-6,15,17H,7-12,14H2,1-2H3. The van der Waals surface area contributed by atoms with Crippen LogP contribution in [0.1, 0.15) is 43.0 Å². The molecule has 2 heterocycles. The van der Waals surface area contributed by atoms with Gasteiger partial charge in [0.25, 0.3) is 0 Å². The Balaban J connectivity index is 1.39. The molecule has 2 fully saturated rings. The van der Waals surface area contributed by atoms with Crippen molar-refractivity contribution in [3.05, 3.63) is 46.4 Å². The van der Waals surface area contributed by atoms with E-state index in [9.17, 15) is 10.1 Å². The van der Waals surface area contributed by atoms with Gasteiger partial charge in [-0.1, -0.05) is 29.8 Å². The van der Waals surface area contributed by atoms with E-state index in [1.165, 1.54) is 0 Å². The van der Waals surface area contributed by atoms with Gasteiger partial charge < -0.3 is 14.2 Å². The first-order valence-corrected chi connectivity index (χ1v) is 10.8. The number of rotatable bonds is 6. The second-order valence-corrected chi connectivity index (χ2v) is 8.37. The smallest absolute Gasteiger partial charge is 0.236 e. The zero-order chi connectivity index (χ0) is 21.3. The summed E-state index contributed by atoms with van der Waals surface area (Å²) >= 11 is 6.41. The Morgan fingerprint density at radius 1 is 1.33 bits per heavy atom. The molecule has 1 aliphatic carbocycles. The van der Waals surface area contributed by atoms with Crippen LogP contribution in [0.5, 0.6) is 0 Å². The zero-order valence-electron chi connectivity index (χ0n) is 17.3. The number of carbonyl (C=O) groups is 1. The van der Waals surface area contributed by atoms with Gasteiger partial charge in [-0.25, -0.2) is 4.98 Å². The number of aryl methyl sites for hydroxylation is 1. The van der Waals surface area contributed by atoms with Crippen LogP contribution in [-0.4, -0.2) is 59.5 Å². The number of halogens is 1. The Hall–Kier alpha value is -2.56. The highest BCUT2D eigenvalue weighted by Gasteiger charge is 2.36. The number of hydrogen-bond acceptors (Lipinski definition) is 6. The van der Waals surface area contributed by atoms with E-state index in [1.54, 1.807) is 6.92 Å². The van der Waals surface area contributed by atoms with E-state index in [0.717, 1.165) is 23.4 Å². The number of aromatic nitrogens is 1. The molecule has 1 aromatic heterocycles. The minimum Gasteiger partial charge on any atom is -0.424 e. The molecule has 2 aliphatic rings. The van der Waals surface area contributed by atoms with Crippen LogP contribution in [0.2, 0.25) is 5.02 Å². The first-order valence-electron chi connectivity index (χ1n) is 10.4. The van der Waals surface area contributed by atoms with Crippen molar-refractivity contribution in [2.24, 2.45) is 0 Å². The zero-order valence-corrected chi connectivity index (χ0v) is 18.1. The molecule has 7 nitrogen and oxygen atoms in total. The summed E-state index contributed by atoms with van der Waals surface area (Å²) < 4.78 is 5.60. The van der Waals surface area contributed by atoms with Crippen molar-refractivity contribution in [2.75, 3.05) is 37.6 Å². The molecule has 158 valence electrons. The van der Waals surface area contributed by atoms with Crippen molar-refractivity contribution in [1.82, 2.24) is 14.8 Å². The fourth-order valence-electron chi connectivity index (χ4n) is 4.10. The van der Waals surface area contributed by atoms with E-state index in [2.05, 4.69) is 22.9 Å². The van der Waals surface area contributed by atoms with E-state index in [4.69, 9.17) is 16.0 Å². The number of nitriles is 1. The maximum atomic E-state index is 13.1. The van der Waals surface area contributed by atoms with E-state index in [0.29, 0.717) is 56.2 Å². The molecule has 0 spiro atoms. The highest BCUT2D eigenvalue weighted by atomic mass is 35.5. The van der Waals surface area contributed by atoms with E-state index >= 15 is 0 Å². The Morgan fingerprint density at radius 3 is 2.67 bits per heavy atom. The quantitative estimate of drug-likeness (QED) is 0.703. The molecular weight excluding hydrogens is 402 g/mol. The van der Waals surface area contributed by atoms with Crippen LogP contribution in [0, 0.1) is 18.3 Å². The van der Waals surface area contributed by atoms with E-state index in [1.807, 2.05) is 34.1 Å². The molecule has 1 aliphatic heterocycles. The van der Waals surface area contributed by atoms with Crippen molar-refractivity contribution < 1.29 is 9.21 Å². The fourth-order valence-corrected chi connectivity index (χ4v) is 4.39. The number of carbonyl (C=O) groups excluding carboxylic acids is 1. The van der Waals surface area contributed by atoms with Crippen LogP contribution in [0.3, 0.4) is 0 Å². The summed E-state index contributed by atoms with van der Waals surface area (Å²) in [6.07, 6.45) is 2.25. The first kappa shape index (κ1) is 20.7. The second-order valence-electron chi connectivity index (χ2n) is 7.97. The summed E-state index contributed by atoms with van der Waals surface area (Å²) in [6, 6.07) is 10.5. The largest absolute Gasteiger partial charge is 0.424 e. The van der Waals surface area contributed by atoms with Gasteiger partial charge in [0.15, 0.2) is 5.89 Å². The molecule has 30 heavy (non-hydrogen) atoms. The van der Waals surface area contributed by atoms with E-state index < -0.39 is 0 Å². The van der Waals surface area contributed by atoms with Crippen LogP contribution in [0.15, 0.2) is 28.7 Å². The summed E-state index contributed by atoms with van der Waals surface area (Å²) in [5.74, 6) is 1.12. The number of oxazole rings is 1. The lowest BCUT2D eigenvalue weighted by Crippen LogP contribution is -2.51. The fraction of sp³-hybridized carbons (Fsp3) is 0.500. The predicted octanol–water partition coefficient (Wildman–Crippen LogP) is 3.38. The van der Waals surface area contributed by atoms with Crippen molar-refractivity contribution in [1.29, 1.82) is 5.26 Å². The summed E-state index contributed by atoms with van der Waals surface area (Å²) in [6.45, 7) is 6.70. The number of hydrogen-bond donors (Lipinski definition) is 0. The second kappa shape index (κ2) is 8.66. The molecule has 0 bridgehead atoms. The van der Waals surface area contributed by atoms with Crippen LogP contribution in [0.4, 0.5) is 5.88 Å². The lowest BCUT2D eigenvalue weighted by atomic mass is 10.1. The van der Waals surface area contributed by atoms with Gasteiger partial charge in [0.1, 0.15) is 6.07 Å². The number of benzene rings is 1. The summed E-state index contributed by atoms with van der Waals surface area (Å²) in [7, 11) is 0. The molecule has 0 radical (unpaired) electrons. The summed E-state index contributed by atoms with van der Waals surface area (Å²) in [5.41, 5.74) is 1.37. The molecule has 1 unspecified atom stereocenters. The number of anilines is 1. The highest BCUT2D eigenvalue weighted by Crippen LogP contribution is 2.36. The molecule has 0 N–H and O–H groups in total. The van der Waals surface area contributed by atoms with Gasteiger partial charge in [-0.2, -0.15) is 5.26 Å². The summed E-state index contributed by atoms with van der Waals surface area (Å²) in [5, 5.41) is 9.99. The molecule has 8 heteroatoms. The molecule has 1 saturated carbocycles. The average Bonchev–Trinajstić information content (AvgIpc) is 3.53. The number of amides is 1. The van der Waals surface area contributed by atoms with Gasteiger partial charge in [0.2, 0.25) is 17.5 Å². The number of piperazine rings is 1. The van der Waals surface area contributed by atoms with Crippen LogP contribution >= 0.6 is 11.6 Å². The highest BCUT2D eigenvalue weighted by molar-refractivity contribution is 6.31. The lowest BCUT2D eigenvalue weighted by molar-refractivity contribution is -0.133. The Labute approximate surface area is 181 Å². The van der Waals surface area contributed by atoms with Crippen molar-refractivity contribution in [3.63, 3.8) is 0 Å². The predicted molar refractivity (Wildman–Crippen MR) is 114 cm³/mol. The van der Waals surface area contributed by atoms with Gasteiger partial charge in [-0.15, -0.1) is 0 Å². The number of nitrogens with zero attached hydrogens (tertiary/aromatic N) is 5. The Kier molecular flexibility index (Phi) is 5.98. The molecule has 4 rings (SSSR count). The van der Waals surface area contributed by atoms with Crippen LogP contribution in [0.25, 0.3) is 0 Å². The van der Waals surface area contributed by atoms with Crippen molar-refractivity contribution in [3.8, 4) is 6.07 Å². The van der Waals surface area contributed by atoms with Crippen molar-refractivity contribution >= 4 is 23.4 Å². The molecule has 1 saturated heterocycles. The van der Waals surface area contributed by atoms with Gasteiger partial charge in [0, 0.05) is 50.2 Å². The normalized spacial score (nSPS) is 17.8. The van der Waals surface area contributed by atoms with Gasteiger partial charge in [-0.3, -0.25) is 9.69 Å². The monoisotopic (exact) mass is 427 g/mol. The van der Waals surface area contributed by atoms with Gasteiger partial charge >= 0.3 is 0 Å². The van der Waals surface area contributed by atoms with Gasteiger partial charge in [-0.05, 0) is 31.4 Å². The average molecular weight is 428 g/mol. The van der Waals surface area contributed by atoms with Crippen LogP contribution in [-0.2, 0) is 4.79 Å². The molecule has 1 amide bonds. The molecular formula is C22H26ClN5O2. The minimum absolute atomic E-state index is 0.0896. The molecule has 1 aromatic carbocycles. The minimum atomic E-state index is 0.0896.